The van der Waals surface area contributed by atoms with Gasteiger partial charge in [-0.2, -0.15) is 0 Å². The summed E-state index contributed by atoms with van der Waals surface area (Å²) < 4.78 is 2.62. The van der Waals surface area contributed by atoms with Gasteiger partial charge in [0, 0.05) is 31.5 Å². The average Bonchev–Trinajstić information content (AvgIpc) is 2.61. The molecule has 6 heteroatoms. The van der Waals surface area contributed by atoms with E-state index < -0.39 is 0 Å². The molecule has 0 aromatic heterocycles. The van der Waals surface area contributed by atoms with E-state index in [0.717, 1.165) is 6.17 Å². The van der Waals surface area contributed by atoms with Gasteiger partial charge in [0.15, 0.2) is 0 Å². The molecule has 0 radical (unpaired) electrons. The Kier molecular flexibility index (Phi) is 6.62. The Morgan fingerprint density at radius 2 is 1.46 bits per heavy atom. The molecule has 1 aromatic rings. The lowest BCUT2D eigenvalue weighted by atomic mass is 9.94. The number of hydrogen-bond acceptors (Lipinski definition) is 2. The zero-order chi connectivity index (χ0) is 16.2. The van der Waals surface area contributed by atoms with Crippen LogP contribution in [0.5, 0.6) is 0 Å². The van der Waals surface area contributed by atoms with Gasteiger partial charge in [0.05, 0.1) is 46.3 Å². The van der Waals surface area contributed by atoms with Crippen molar-refractivity contribution >= 4 is 0 Å². The lowest BCUT2D eigenvalue weighted by molar-refractivity contribution is -1.05. The summed E-state index contributed by atoms with van der Waals surface area (Å²) in [4.78, 5) is 5.72. The van der Waals surface area contributed by atoms with E-state index >= 15 is 0 Å². The molecule has 0 bridgehead atoms. The van der Waals surface area contributed by atoms with Crippen LogP contribution in [0.2, 0.25) is 0 Å². The highest BCUT2D eigenvalue weighted by atomic mass is 127. The van der Waals surface area contributed by atoms with Gasteiger partial charge in [0.2, 0.25) is 12.3 Å². The number of nitrogens with zero attached hydrogens (tertiary/aromatic N) is 4. The number of likely N-dealkylation sites (N-methyl/N-ethyl adjacent to an activating group) is 1. The second-order valence-electron chi connectivity index (χ2n) is 8.84. The molecule has 26 heavy (non-hydrogen) atoms. The fourth-order valence-electron chi connectivity index (χ4n) is 6.33. The van der Waals surface area contributed by atoms with Gasteiger partial charge in [-0.15, -0.1) is 0 Å². The van der Waals surface area contributed by atoms with E-state index in [4.69, 9.17) is 0 Å². The largest absolute Gasteiger partial charge is 1.00 e. The number of rotatable bonds is 2. The van der Waals surface area contributed by atoms with Crippen molar-refractivity contribution in [2.75, 3.05) is 59.4 Å². The molecule has 0 spiro atoms. The van der Waals surface area contributed by atoms with Crippen LogP contribution in [0.15, 0.2) is 30.3 Å². The molecule has 0 amide bonds. The first-order chi connectivity index (χ1) is 11.7. The molecule has 4 saturated heterocycles. The van der Waals surface area contributed by atoms with Crippen molar-refractivity contribution in [1.29, 1.82) is 0 Å². The highest BCUT2D eigenvalue weighted by Crippen LogP contribution is 2.41. The van der Waals surface area contributed by atoms with Crippen molar-refractivity contribution in [3.05, 3.63) is 35.9 Å². The maximum Gasteiger partial charge on any atom is 0.214 e. The van der Waals surface area contributed by atoms with Crippen LogP contribution in [0.3, 0.4) is 0 Å². The third-order valence-corrected chi connectivity index (χ3v) is 7.45. The quantitative estimate of drug-likeness (QED) is 0.257. The zero-order valence-electron chi connectivity index (χ0n) is 15.9. The lowest BCUT2D eigenvalue weighted by Crippen LogP contribution is -3.00. The number of halogens is 2. The lowest BCUT2D eigenvalue weighted by Gasteiger charge is -2.66. The Hall–Kier alpha value is 0.520. The summed E-state index contributed by atoms with van der Waals surface area (Å²) in [6.07, 6.45) is 4.20. The Morgan fingerprint density at radius 1 is 0.808 bits per heavy atom. The molecule has 4 atom stereocenters. The smallest absolute Gasteiger partial charge is 0.214 e. The Labute approximate surface area is 192 Å². The summed E-state index contributed by atoms with van der Waals surface area (Å²) in [7, 11) is 2.55. The molecule has 2 unspecified atom stereocenters. The maximum absolute atomic E-state index is 2.87. The monoisotopic (exact) mass is 582 g/mol. The van der Waals surface area contributed by atoms with Gasteiger partial charge in [-0.3, -0.25) is 4.48 Å². The van der Waals surface area contributed by atoms with Crippen LogP contribution in [0, 0.1) is 0 Å². The van der Waals surface area contributed by atoms with Gasteiger partial charge >= 0.3 is 0 Å². The van der Waals surface area contributed by atoms with E-state index in [1.165, 1.54) is 86.3 Å². The van der Waals surface area contributed by atoms with Crippen LogP contribution < -0.4 is 48.0 Å². The van der Waals surface area contributed by atoms with Crippen LogP contribution in [0.25, 0.3) is 0 Å². The van der Waals surface area contributed by atoms with Crippen molar-refractivity contribution in [3.63, 3.8) is 0 Å². The molecule has 4 nitrogen and oxygen atoms in total. The van der Waals surface area contributed by atoms with Crippen molar-refractivity contribution in [1.82, 2.24) is 9.80 Å². The molecule has 0 N–H and O–H groups in total. The van der Waals surface area contributed by atoms with E-state index in [0.29, 0.717) is 6.17 Å². The van der Waals surface area contributed by atoms with Crippen molar-refractivity contribution in [2.24, 2.45) is 0 Å². The maximum atomic E-state index is 2.87. The fourth-order valence-corrected chi connectivity index (χ4v) is 6.33. The molecule has 4 aliphatic heterocycles. The summed E-state index contributed by atoms with van der Waals surface area (Å²) in [5.74, 6) is 0. The number of benzene rings is 1. The Balaban J connectivity index is 0.000000980. The molecular weight excluding hydrogens is 550 g/mol. The molecule has 4 aliphatic rings. The van der Waals surface area contributed by atoms with Crippen molar-refractivity contribution in [3.8, 4) is 0 Å². The van der Waals surface area contributed by atoms with Gasteiger partial charge in [0.25, 0.3) is 0 Å². The second-order valence-corrected chi connectivity index (χ2v) is 8.84. The average molecular weight is 582 g/mol. The molecular formula is C20H32I2N4. The van der Waals surface area contributed by atoms with E-state index in [-0.39, 0.29) is 48.0 Å². The highest BCUT2D eigenvalue weighted by molar-refractivity contribution is 5.13. The third-order valence-electron chi connectivity index (χ3n) is 7.45. The summed E-state index contributed by atoms with van der Waals surface area (Å²) in [6.45, 7) is 11.9. The van der Waals surface area contributed by atoms with E-state index in [2.05, 4.69) is 47.2 Å². The predicted octanol–water partition coefficient (Wildman–Crippen LogP) is -4.45. The van der Waals surface area contributed by atoms with Gasteiger partial charge in [-0.1, -0.05) is 30.3 Å². The second kappa shape index (κ2) is 8.10. The number of hydrogen-bond donors (Lipinski definition) is 0. The predicted molar refractivity (Wildman–Crippen MR) is 96.0 cm³/mol. The van der Waals surface area contributed by atoms with Gasteiger partial charge in [-0.25, -0.2) is 9.80 Å². The summed E-state index contributed by atoms with van der Waals surface area (Å²) in [5.41, 5.74) is 1.53. The minimum Gasteiger partial charge on any atom is -1.00 e. The van der Waals surface area contributed by atoms with E-state index in [1.54, 1.807) is 0 Å². The van der Waals surface area contributed by atoms with Crippen molar-refractivity contribution in [2.45, 2.75) is 31.7 Å². The number of piperazine rings is 2. The minimum absolute atomic E-state index is 0. The topological polar surface area (TPSA) is 6.48 Å². The SMILES string of the molecule is C[N+]12CCCN3CC[N+]4(Cc5ccccc5)CCCN(CC1)[C@H]4[C@H]32.[I-].[I-]. The first-order valence-corrected chi connectivity index (χ1v) is 9.92. The van der Waals surface area contributed by atoms with Crippen LogP contribution in [0.1, 0.15) is 18.4 Å². The molecule has 0 saturated carbocycles. The first kappa shape index (κ1) is 21.2. The molecule has 4 heterocycles. The van der Waals surface area contributed by atoms with Gasteiger partial charge < -0.3 is 52.4 Å². The van der Waals surface area contributed by atoms with E-state index in [1.807, 2.05) is 0 Å². The third kappa shape index (κ3) is 3.36. The molecule has 0 aliphatic carbocycles. The molecule has 4 fully saturated rings. The van der Waals surface area contributed by atoms with Gasteiger partial charge in [0.1, 0.15) is 6.54 Å². The standard InChI is InChI=1S/C20H32N4.2HI/c1-23-13-5-9-21-12-16-24(17-18-7-3-2-4-8-18)14-6-10-22(11-15-23)20(24)19(21)23;;/h2-4,7-8,19-20H,5-6,9-17H2,1H3;2*1H/q+2;;/p-2/t19-,20-,23?,24?;;/m1../s1. The molecule has 1 aromatic carbocycles. The summed E-state index contributed by atoms with van der Waals surface area (Å²) >= 11 is 0. The Morgan fingerprint density at radius 3 is 2.23 bits per heavy atom. The van der Waals surface area contributed by atoms with Crippen LogP contribution in [0.4, 0.5) is 0 Å². The Bertz CT molecular complexity index is 615. The van der Waals surface area contributed by atoms with Crippen LogP contribution in [-0.2, 0) is 6.54 Å². The fraction of sp³-hybridized carbons (Fsp3) is 0.700. The highest BCUT2D eigenvalue weighted by Gasteiger charge is 2.62. The zero-order valence-corrected chi connectivity index (χ0v) is 20.2. The van der Waals surface area contributed by atoms with E-state index in [9.17, 15) is 0 Å². The normalized spacial score (nSPS) is 39.3. The van der Waals surface area contributed by atoms with Crippen LogP contribution in [-0.4, -0.2) is 90.5 Å². The van der Waals surface area contributed by atoms with Crippen molar-refractivity contribution < 1.29 is 56.9 Å². The van der Waals surface area contributed by atoms with Gasteiger partial charge in [-0.05, 0) is 0 Å². The minimum atomic E-state index is 0. The first-order valence-electron chi connectivity index (χ1n) is 9.92. The molecule has 146 valence electrons. The summed E-state index contributed by atoms with van der Waals surface area (Å²) in [6, 6.07) is 11.3. The molecule has 5 rings (SSSR count). The number of quaternary nitrogens is 2. The summed E-state index contributed by atoms with van der Waals surface area (Å²) in [5, 5.41) is 0. The van der Waals surface area contributed by atoms with Crippen LogP contribution >= 0.6 is 0 Å².